The molecule has 0 saturated carbocycles. The zero-order chi connectivity index (χ0) is 26.0. The molecule has 1 fully saturated rings. The third-order valence-electron chi connectivity index (χ3n) is 7.74. The van der Waals surface area contributed by atoms with Gasteiger partial charge in [0.05, 0.1) is 23.0 Å². The number of para-hydroxylation sites is 1. The fourth-order valence-corrected chi connectivity index (χ4v) is 5.11. The molecule has 0 radical (unpaired) electrons. The Kier molecular flexibility index (Phi) is 7.66. The summed E-state index contributed by atoms with van der Waals surface area (Å²) in [5.41, 5.74) is 6.89. The number of rotatable bonds is 11. The highest BCUT2D eigenvalue weighted by molar-refractivity contribution is 6.15. The topological polar surface area (TPSA) is 132 Å². The molecule has 8 heteroatoms. The Hall–Kier alpha value is -2.97. The smallest absolute Gasteiger partial charge is 0.260 e. The van der Waals surface area contributed by atoms with Gasteiger partial charge in [0.2, 0.25) is 0 Å². The molecule has 2 heterocycles. The Morgan fingerprint density at radius 3 is 2.47 bits per heavy atom. The van der Waals surface area contributed by atoms with E-state index >= 15 is 0 Å². The van der Waals surface area contributed by atoms with Crippen molar-refractivity contribution in [3.05, 3.63) is 35.9 Å². The van der Waals surface area contributed by atoms with E-state index in [0.717, 1.165) is 38.5 Å². The first kappa shape index (κ1) is 26.1. The number of carbonyl (C=O) groups excluding carboxylic acids is 1. The van der Waals surface area contributed by atoms with Gasteiger partial charge in [0, 0.05) is 25.2 Å². The Balaban J connectivity index is 1.35. The number of benzene rings is 2. The molecule has 196 valence electrons. The van der Waals surface area contributed by atoms with Crippen LogP contribution in [0.15, 0.2) is 30.3 Å². The number of nitrogens with one attached hydrogen (secondary N) is 1. The molecule has 2 aliphatic heterocycles. The molecule has 0 aromatic heterocycles. The van der Waals surface area contributed by atoms with Crippen LogP contribution in [0.25, 0.3) is 0 Å². The van der Waals surface area contributed by atoms with Crippen LogP contribution >= 0.6 is 0 Å². The van der Waals surface area contributed by atoms with Crippen LogP contribution in [0, 0.1) is 11.8 Å². The maximum atomic E-state index is 13.5. The third-order valence-corrected chi connectivity index (χ3v) is 7.74. The Bertz CT molecular complexity index is 1110. The lowest BCUT2D eigenvalue weighted by atomic mass is 9.92. The molecule has 0 aliphatic carbocycles. The van der Waals surface area contributed by atoms with E-state index < -0.39 is 0 Å². The minimum absolute atomic E-state index is 0.0792. The minimum atomic E-state index is -0.287. The van der Waals surface area contributed by atoms with Gasteiger partial charge < -0.3 is 36.0 Å². The molecule has 0 bridgehead atoms. The number of epoxide rings is 1. The number of phenolic OH excluding ortho intramolecular Hbond substituents is 3. The van der Waals surface area contributed by atoms with Gasteiger partial charge in [-0.1, -0.05) is 39.2 Å². The van der Waals surface area contributed by atoms with Crippen LogP contribution in [0.2, 0.25) is 0 Å². The van der Waals surface area contributed by atoms with E-state index in [0.29, 0.717) is 42.3 Å². The van der Waals surface area contributed by atoms with E-state index in [-0.39, 0.29) is 40.1 Å². The Labute approximate surface area is 213 Å². The largest absolute Gasteiger partial charge is 0.508 e. The summed E-state index contributed by atoms with van der Waals surface area (Å²) in [6.07, 6.45) is 6.60. The van der Waals surface area contributed by atoms with Gasteiger partial charge in [-0.05, 0) is 50.2 Å². The number of ether oxygens (including phenoxy) is 1. The number of nitrogens with zero attached hydrogens (tertiary/aromatic N) is 1. The van der Waals surface area contributed by atoms with Crippen molar-refractivity contribution in [2.45, 2.75) is 71.0 Å². The summed E-state index contributed by atoms with van der Waals surface area (Å²) in [5, 5.41) is 34.0. The normalized spacial score (nSPS) is 22.3. The van der Waals surface area contributed by atoms with E-state index in [2.05, 4.69) is 26.1 Å². The highest BCUT2D eigenvalue weighted by Crippen LogP contribution is 2.46. The van der Waals surface area contributed by atoms with Gasteiger partial charge in [-0.2, -0.15) is 0 Å². The van der Waals surface area contributed by atoms with Crippen molar-refractivity contribution in [3.63, 3.8) is 0 Å². The number of anilines is 3. The molecule has 4 atom stereocenters. The molecule has 1 amide bonds. The van der Waals surface area contributed by atoms with E-state index in [4.69, 9.17) is 10.5 Å². The summed E-state index contributed by atoms with van der Waals surface area (Å²) in [7, 11) is 0. The predicted molar refractivity (Wildman–Crippen MR) is 141 cm³/mol. The number of nitrogens with two attached hydrogens (primary N) is 1. The van der Waals surface area contributed by atoms with E-state index in [1.807, 2.05) is 0 Å². The van der Waals surface area contributed by atoms with Crippen LogP contribution in [0.4, 0.5) is 17.1 Å². The minimum Gasteiger partial charge on any atom is -0.508 e. The van der Waals surface area contributed by atoms with Crippen LogP contribution in [-0.2, 0) is 4.74 Å². The molecular weight excluding hydrogens is 458 g/mol. The highest BCUT2D eigenvalue weighted by atomic mass is 16.6. The first-order valence-corrected chi connectivity index (χ1v) is 13.0. The van der Waals surface area contributed by atoms with Crippen LogP contribution in [0.1, 0.15) is 69.7 Å². The average Bonchev–Trinajstić information content (AvgIpc) is 3.52. The fraction of sp³-hybridized carbons (Fsp3) is 0.536. The molecule has 1 saturated heterocycles. The molecule has 8 nitrogen and oxygen atoms in total. The molecule has 2 aromatic carbocycles. The first-order valence-electron chi connectivity index (χ1n) is 13.0. The van der Waals surface area contributed by atoms with Crippen molar-refractivity contribution in [2.75, 3.05) is 23.3 Å². The lowest BCUT2D eigenvalue weighted by Gasteiger charge is -2.25. The third kappa shape index (κ3) is 5.55. The van der Waals surface area contributed by atoms with Crippen LogP contribution < -0.4 is 16.0 Å². The van der Waals surface area contributed by atoms with Gasteiger partial charge in [0.25, 0.3) is 5.91 Å². The maximum absolute atomic E-state index is 13.5. The standard InChI is InChI=1S/C28H39N3O5/c1-17(10-11-24-28(3,16-29)36-24)6-4-7-18(2)12-13-31-21-14-19(32)15-23(34)26(21)30-25-20(27(31)35)8-5-9-22(25)33/h5,8-9,14-15,17-18,24,30,32-34H,4,6-7,10-13,16,29H2,1-3H3. The summed E-state index contributed by atoms with van der Waals surface area (Å²) in [4.78, 5) is 15.1. The predicted octanol–water partition coefficient (Wildman–Crippen LogP) is 5.24. The van der Waals surface area contributed by atoms with Crippen molar-refractivity contribution in [1.82, 2.24) is 0 Å². The summed E-state index contributed by atoms with van der Waals surface area (Å²) < 4.78 is 5.72. The molecule has 2 aliphatic rings. The SMILES string of the molecule is CC(CCCC(C)CCN1C(=O)c2cccc(O)c2Nc2c(O)cc(O)cc21)CCC1OC1(C)CN. The van der Waals surface area contributed by atoms with Crippen molar-refractivity contribution in [1.29, 1.82) is 0 Å². The molecule has 6 N–H and O–H groups in total. The van der Waals surface area contributed by atoms with Gasteiger partial charge in [-0.3, -0.25) is 4.79 Å². The number of aromatic hydroxyl groups is 3. The van der Waals surface area contributed by atoms with Crippen LogP contribution in [-0.4, -0.2) is 46.0 Å². The van der Waals surface area contributed by atoms with Gasteiger partial charge in [0.1, 0.15) is 28.5 Å². The molecule has 2 aromatic rings. The highest BCUT2D eigenvalue weighted by Gasteiger charge is 2.50. The Morgan fingerprint density at radius 2 is 1.78 bits per heavy atom. The van der Waals surface area contributed by atoms with E-state index in [9.17, 15) is 20.1 Å². The number of carbonyl (C=O) groups is 1. The van der Waals surface area contributed by atoms with E-state index in [1.165, 1.54) is 18.2 Å². The van der Waals surface area contributed by atoms with Gasteiger partial charge >= 0.3 is 0 Å². The Morgan fingerprint density at radius 1 is 1.06 bits per heavy atom. The monoisotopic (exact) mass is 497 g/mol. The zero-order valence-electron chi connectivity index (χ0n) is 21.5. The molecule has 0 spiro atoms. The summed E-state index contributed by atoms with van der Waals surface area (Å²) in [5.74, 6) is 0.334. The second-order valence-electron chi connectivity index (χ2n) is 10.8. The maximum Gasteiger partial charge on any atom is 0.260 e. The fourth-order valence-electron chi connectivity index (χ4n) is 5.11. The number of amides is 1. The lowest BCUT2D eigenvalue weighted by molar-refractivity contribution is 0.0986. The quantitative estimate of drug-likeness (QED) is 0.163. The average molecular weight is 498 g/mol. The zero-order valence-corrected chi connectivity index (χ0v) is 21.5. The number of phenols is 3. The summed E-state index contributed by atoms with van der Waals surface area (Å²) in [6, 6.07) is 7.44. The molecular formula is C28H39N3O5. The summed E-state index contributed by atoms with van der Waals surface area (Å²) in [6.45, 7) is 7.57. The molecule has 36 heavy (non-hydrogen) atoms. The van der Waals surface area contributed by atoms with Crippen molar-refractivity contribution in [3.8, 4) is 17.2 Å². The van der Waals surface area contributed by atoms with Gasteiger partial charge in [0.15, 0.2) is 0 Å². The number of hydrogen-bond acceptors (Lipinski definition) is 7. The second-order valence-corrected chi connectivity index (χ2v) is 10.8. The number of fused-ring (bicyclic) bond motifs is 2. The van der Waals surface area contributed by atoms with E-state index in [1.54, 1.807) is 17.0 Å². The van der Waals surface area contributed by atoms with Crippen LogP contribution in [0.5, 0.6) is 17.2 Å². The molecule has 4 rings (SSSR count). The van der Waals surface area contributed by atoms with Gasteiger partial charge in [-0.25, -0.2) is 0 Å². The van der Waals surface area contributed by atoms with Crippen molar-refractivity contribution in [2.24, 2.45) is 17.6 Å². The van der Waals surface area contributed by atoms with Gasteiger partial charge in [-0.15, -0.1) is 0 Å². The first-order chi connectivity index (χ1) is 17.1. The second kappa shape index (κ2) is 10.6. The number of hydrogen-bond donors (Lipinski definition) is 5. The lowest BCUT2D eigenvalue weighted by Crippen LogP contribution is -2.32. The van der Waals surface area contributed by atoms with Crippen LogP contribution in [0.3, 0.4) is 0 Å². The molecule has 4 unspecified atom stereocenters. The van der Waals surface area contributed by atoms with Crippen molar-refractivity contribution < 1.29 is 24.9 Å². The van der Waals surface area contributed by atoms with Crippen molar-refractivity contribution >= 4 is 23.0 Å². The summed E-state index contributed by atoms with van der Waals surface area (Å²) >= 11 is 0.